The number of nitrogens with one attached hydrogen (secondary N) is 2. The SMILES string of the molecule is CCCCOc1ccc(C(=O)NNC(=O)C2CCN(C(=O)c3cccs3)CC2)cc1OC. The highest BCUT2D eigenvalue weighted by Crippen LogP contribution is 2.28. The van der Waals surface area contributed by atoms with Crippen molar-refractivity contribution >= 4 is 29.1 Å². The minimum absolute atomic E-state index is 0.00299. The molecular weight excluding hydrogens is 430 g/mol. The monoisotopic (exact) mass is 459 g/mol. The van der Waals surface area contributed by atoms with E-state index in [4.69, 9.17) is 9.47 Å². The summed E-state index contributed by atoms with van der Waals surface area (Å²) in [5.41, 5.74) is 5.31. The molecule has 2 N–H and O–H groups in total. The van der Waals surface area contributed by atoms with Crippen molar-refractivity contribution in [3.63, 3.8) is 0 Å². The van der Waals surface area contributed by atoms with Crippen molar-refractivity contribution in [2.24, 2.45) is 5.92 Å². The molecule has 1 aromatic heterocycles. The van der Waals surface area contributed by atoms with Crippen LogP contribution in [0.2, 0.25) is 0 Å². The van der Waals surface area contributed by atoms with Crippen molar-refractivity contribution in [3.8, 4) is 11.5 Å². The van der Waals surface area contributed by atoms with Crippen LogP contribution in [0, 0.1) is 5.92 Å². The van der Waals surface area contributed by atoms with Crippen LogP contribution in [0.1, 0.15) is 52.6 Å². The van der Waals surface area contributed by atoms with E-state index < -0.39 is 5.91 Å². The average molecular weight is 460 g/mol. The van der Waals surface area contributed by atoms with Gasteiger partial charge in [-0.2, -0.15) is 0 Å². The van der Waals surface area contributed by atoms with Gasteiger partial charge in [-0.3, -0.25) is 25.2 Å². The number of methoxy groups -OCH3 is 1. The number of amides is 3. The Balaban J connectivity index is 1.47. The lowest BCUT2D eigenvalue weighted by molar-refractivity contribution is -0.127. The highest BCUT2D eigenvalue weighted by atomic mass is 32.1. The molecule has 1 aliphatic heterocycles. The summed E-state index contributed by atoms with van der Waals surface area (Å²) < 4.78 is 11.0. The fourth-order valence-electron chi connectivity index (χ4n) is 3.45. The summed E-state index contributed by atoms with van der Waals surface area (Å²) in [6, 6.07) is 8.55. The van der Waals surface area contributed by atoms with Crippen molar-refractivity contribution in [2.45, 2.75) is 32.6 Å². The predicted molar refractivity (Wildman–Crippen MR) is 122 cm³/mol. The Labute approximate surface area is 191 Å². The van der Waals surface area contributed by atoms with E-state index in [-0.39, 0.29) is 17.7 Å². The van der Waals surface area contributed by atoms with Crippen molar-refractivity contribution in [1.82, 2.24) is 15.8 Å². The molecule has 0 bridgehead atoms. The van der Waals surface area contributed by atoms with Gasteiger partial charge in [0.25, 0.3) is 11.8 Å². The zero-order chi connectivity index (χ0) is 22.9. The number of unbranched alkanes of at least 4 members (excludes halogenated alkanes) is 1. The second-order valence-corrected chi connectivity index (χ2v) is 8.50. The van der Waals surface area contributed by atoms with Crippen LogP contribution in [0.25, 0.3) is 0 Å². The fraction of sp³-hybridized carbons (Fsp3) is 0.435. The highest BCUT2D eigenvalue weighted by molar-refractivity contribution is 7.12. The Bertz CT molecular complexity index is 924. The number of nitrogens with zero attached hydrogens (tertiary/aromatic N) is 1. The number of carbonyl (C=O) groups excluding carboxylic acids is 3. The van der Waals surface area contributed by atoms with E-state index in [2.05, 4.69) is 17.8 Å². The van der Waals surface area contributed by atoms with Crippen molar-refractivity contribution in [1.29, 1.82) is 0 Å². The molecular formula is C23H29N3O5S. The summed E-state index contributed by atoms with van der Waals surface area (Å²) in [5.74, 6) is 0.0816. The zero-order valence-electron chi connectivity index (χ0n) is 18.4. The van der Waals surface area contributed by atoms with Crippen LogP contribution in [0.4, 0.5) is 0 Å². The number of piperidine rings is 1. The van der Waals surface area contributed by atoms with E-state index in [1.807, 2.05) is 11.4 Å². The smallest absolute Gasteiger partial charge is 0.269 e. The van der Waals surface area contributed by atoms with Crippen LogP contribution in [0.3, 0.4) is 0 Å². The molecule has 0 radical (unpaired) electrons. The maximum Gasteiger partial charge on any atom is 0.269 e. The summed E-state index contributed by atoms with van der Waals surface area (Å²) >= 11 is 1.41. The predicted octanol–water partition coefficient (Wildman–Crippen LogP) is 3.25. The molecule has 1 aliphatic rings. The van der Waals surface area contributed by atoms with E-state index in [1.165, 1.54) is 18.4 Å². The average Bonchev–Trinajstić information content (AvgIpc) is 3.37. The van der Waals surface area contributed by atoms with Gasteiger partial charge in [-0.1, -0.05) is 19.4 Å². The van der Waals surface area contributed by atoms with Crippen molar-refractivity contribution < 1.29 is 23.9 Å². The molecule has 9 heteroatoms. The number of rotatable bonds is 8. The van der Waals surface area contributed by atoms with E-state index >= 15 is 0 Å². The number of hydrazine groups is 1. The lowest BCUT2D eigenvalue weighted by Gasteiger charge is -2.31. The van der Waals surface area contributed by atoms with Crippen LogP contribution in [-0.4, -0.2) is 49.4 Å². The molecule has 0 aliphatic carbocycles. The molecule has 2 heterocycles. The van der Waals surface area contributed by atoms with Crippen LogP contribution >= 0.6 is 11.3 Å². The standard InChI is InChI=1S/C23H29N3O5S/c1-3-4-13-31-18-8-7-17(15-19(18)30-2)22(28)25-24-21(27)16-9-11-26(12-10-16)23(29)20-6-5-14-32-20/h5-8,14-16H,3-4,9-13H2,1-2H3,(H,24,27)(H,25,28). The largest absolute Gasteiger partial charge is 0.493 e. The van der Waals surface area contributed by atoms with Gasteiger partial charge in [0.15, 0.2) is 11.5 Å². The molecule has 1 fully saturated rings. The Kier molecular flexibility index (Phi) is 8.49. The van der Waals surface area contributed by atoms with Gasteiger partial charge in [-0.05, 0) is 48.9 Å². The zero-order valence-corrected chi connectivity index (χ0v) is 19.2. The molecule has 0 unspecified atom stereocenters. The van der Waals surface area contributed by atoms with Crippen molar-refractivity contribution in [3.05, 3.63) is 46.2 Å². The van der Waals surface area contributed by atoms with Crippen molar-refractivity contribution in [2.75, 3.05) is 26.8 Å². The van der Waals surface area contributed by atoms with Gasteiger partial charge in [0.05, 0.1) is 18.6 Å². The molecule has 0 atom stereocenters. The topological polar surface area (TPSA) is 97.0 Å². The normalized spacial score (nSPS) is 14.0. The summed E-state index contributed by atoms with van der Waals surface area (Å²) in [5, 5.41) is 1.87. The maximum atomic E-state index is 12.5. The van der Waals surface area contributed by atoms with Crippen LogP contribution in [-0.2, 0) is 4.79 Å². The van der Waals surface area contributed by atoms with Gasteiger partial charge in [-0.15, -0.1) is 11.3 Å². The van der Waals surface area contributed by atoms with E-state index in [0.717, 1.165) is 12.8 Å². The highest BCUT2D eigenvalue weighted by Gasteiger charge is 2.28. The number of hydrogen-bond acceptors (Lipinski definition) is 6. The van der Waals surface area contributed by atoms with Crippen LogP contribution in [0.15, 0.2) is 35.7 Å². The first-order valence-corrected chi connectivity index (χ1v) is 11.6. The van der Waals surface area contributed by atoms with Gasteiger partial charge in [-0.25, -0.2) is 0 Å². The lowest BCUT2D eigenvalue weighted by Crippen LogP contribution is -2.48. The number of hydrogen-bond donors (Lipinski definition) is 2. The number of thiophene rings is 1. The molecule has 2 aromatic rings. The second kappa shape index (κ2) is 11.5. The molecule has 1 aromatic carbocycles. The number of ether oxygens (including phenoxy) is 2. The van der Waals surface area contributed by atoms with E-state index in [0.29, 0.717) is 54.5 Å². The Morgan fingerprint density at radius 1 is 1.12 bits per heavy atom. The molecule has 3 amide bonds. The fourth-order valence-corrected chi connectivity index (χ4v) is 4.14. The second-order valence-electron chi connectivity index (χ2n) is 7.55. The van der Waals surface area contributed by atoms with Crippen LogP contribution in [0.5, 0.6) is 11.5 Å². The third-order valence-corrected chi connectivity index (χ3v) is 6.22. The molecule has 0 saturated carbocycles. The minimum Gasteiger partial charge on any atom is -0.493 e. The van der Waals surface area contributed by atoms with Crippen LogP contribution < -0.4 is 20.3 Å². The quantitative estimate of drug-likeness (QED) is 0.467. The van der Waals surface area contributed by atoms with Gasteiger partial charge in [0.2, 0.25) is 5.91 Å². The van der Waals surface area contributed by atoms with Gasteiger partial charge >= 0.3 is 0 Å². The minimum atomic E-state index is -0.443. The summed E-state index contributed by atoms with van der Waals surface area (Å²) in [7, 11) is 1.51. The third kappa shape index (κ3) is 6.00. The lowest BCUT2D eigenvalue weighted by atomic mass is 9.96. The number of likely N-dealkylation sites (tertiary alicyclic amines) is 1. The van der Waals surface area contributed by atoms with Gasteiger partial charge in [0, 0.05) is 24.6 Å². The molecule has 0 spiro atoms. The molecule has 3 rings (SSSR count). The van der Waals surface area contributed by atoms with Gasteiger partial charge in [0.1, 0.15) is 0 Å². The Hall–Kier alpha value is -3.07. The molecule has 32 heavy (non-hydrogen) atoms. The summed E-state index contributed by atoms with van der Waals surface area (Å²) in [4.78, 5) is 39.9. The maximum absolute atomic E-state index is 12.5. The number of benzene rings is 1. The van der Waals surface area contributed by atoms with E-state index in [1.54, 1.807) is 29.2 Å². The number of carbonyl (C=O) groups is 3. The first kappa shape index (κ1) is 23.6. The molecule has 8 nitrogen and oxygen atoms in total. The molecule has 1 saturated heterocycles. The summed E-state index contributed by atoms with van der Waals surface area (Å²) in [6.07, 6.45) is 3.05. The first-order valence-electron chi connectivity index (χ1n) is 10.8. The van der Waals surface area contributed by atoms with E-state index in [9.17, 15) is 14.4 Å². The molecule has 172 valence electrons. The third-order valence-electron chi connectivity index (χ3n) is 5.37. The summed E-state index contributed by atoms with van der Waals surface area (Å²) in [6.45, 7) is 3.68. The Morgan fingerprint density at radius 2 is 1.91 bits per heavy atom. The first-order chi connectivity index (χ1) is 15.5. The van der Waals surface area contributed by atoms with Gasteiger partial charge < -0.3 is 14.4 Å². The Morgan fingerprint density at radius 3 is 2.56 bits per heavy atom.